The molecular formula is C23H23N3O5. The smallest absolute Gasteiger partial charge is 0.321 e. The number of aromatic amines is 1. The van der Waals surface area contributed by atoms with E-state index in [-0.39, 0.29) is 6.29 Å². The van der Waals surface area contributed by atoms with E-state index in [4.69, 9.17) is 10.8 Å². The molecule has 0 spiro atoms. The van der Waals surface area contributed by atoms with Crippen molar-refractivity contribution >= 4 is 34.8 Å². The van der Waals surface area contributed by atoms with Crippen molar-refractivity contribution in [3.05, 3.63) is 71.4 Å². The van der Waals surface area contributed by atoms with E-state index in [2.05, 4.69) is 10.3 Å². The number of rotatable bonds is 9. The number of aromatic nitrogens is 1. The molecule has 1 unspecified atom stereocenters. The maximum atomic E-state index is 13.0. The maximum Gasteiger partial charge on any atom is 0.321 e. The third kappa shape index (κ3) is 4.70. The van der Waals surface area contributed by atoms with Crippen molar-refractivity contribution in [2.75, 3.05) is 0 Å². The minimum absolute atomic E-state index is 0.202. The van der Waals surface area contributed by atoms with Gasteiger partial charge in [-0.25, -0.2) is 0 Å². The molecule has 1 heterocycles. The molecule has 0 fully saturated rings. The number of para-hydroxylation sites is 1. The third-order valence-electron chi connectivity index (χ3n) is 5.19. The molecule has 2 aromatic carbocycles. The van der Waals surface area contributed by atoms with E-state index in [1.165, 1.54) is 6.92 Å². The van der Waals surface area contributed by atoms with E-state index in [0.29, 0.717) is 12.1 Å². The number of nitrogens with two attached hydrogens (primary N) is 1. The SMILES string of the molecule is C[C@H](NC(=O)c1[nH]c2ccccc2c1Cc1ccccc1)C(=O)[C@H](C=O)C(N)C(=O)O. The first-order valence-corrected chi connectivity index (χ1v) is 9.75. The number of nitrogens with one attached hydrogen (secondary N) is 2. The minimum Gasteiger partial charge on any atom is -0.480 e. The normalized spacial score (nSPS) is 13.9. The number of hydrogen-bond donors (Lipinski definition) is 4. The van der Waals surface area contributed by atoms with Crippen LogP contribution in [0.1, 0.15) is 28.5 Å². The van der Waals surface area contributed by atoms with Crippen LogP contribution in [0, 0.1) is 5.92 Å². The second-order valence-corrected chi connectivity index (χ2v) is 7.31. The molecule has 0 aliphatic carbocycles. The van der Waals surface area contributed by atoms with Crippen LogP contribution in [0.3, 0.4) is 0 Å². The highest BCUT2D eigenvalue weighted by atomic mass is 16.4. The number of H-pyrrole nitrogens is 1. The molecule has 0 bridgehead atoms. The monoisotopic (exact) mass is 421 g/mol. The molecular weight excluding hydrogens is 398 g/mol. The van der Waals surface area contributed by atoms with Crippen molar-refractivity contribution in [2.45, 2.75) is 25.4 Å². The molecule has 0 aliphatic rings. The van der Waals surface area contributed by atoms with Gasteiger partial charge in [-0.05, 0) is 24.1 Å². The van der Waals surface area contributed by atoms with Crippen LogP contribution in [0.4, 0.5) is 0 Å². The van der Waals surface area contributed by atoms with Gasteiger partial charge in [-0.1, -0.05) is 48.5 Å². The van der Waals surface area contributed by atoms with E-state index in [1.807, 2.05) is 54.6 Å². The number of carbonyl (C=O) groups is 4. The van der Waals surface area contributed by atoms with Crippen molar-refractivity contribution < 1.29 is 24.3 Å². The Balaban J connectivity index is 1.88. The molecule has 0 aliphatic heterocycles. The number of fused-ring (bicyclic) bond motifs is 1. The fourth-order valence-corrected chi connectivity index (χ4v) is 3.49. The topological polar surface area (TPSA) is 142 Å². The standard InChI is InChI=1S/C23H23N3O5/c1-13(21(28)17(12-27)19(24)23(30)31)25-22(29)20-16(11-14-7-3-2-4-8-14)15-9-5-6-10-18(15)26-20/h2-10,12-13,17,19,26H,11,24H2,1H3,(H,25,29)(H,30,31)/t13-,17+,19?/m0/s1. The lowest BCUT2D eigenvalue weighted by atomic mass is 9.93. The van der Waals surface area contributed by atoms with Gasteiger partial charge >= 0.3 is 5.97 Å². The van der Waals surface area contributed by atoms with Gasteiger partial charge in [0, 0.05) is 17.3 Å². The Labute approximate surface area is 178 Å². The molecule has 0 saturated heterocycles. The van der Waals surface area contributed by atoms with E-state index >= 15 is 0 Å². The maximum absolute atomic E-state index is 13.0. The van der Waals surface area contributed by atoms with Crippen molar-refractivity contribution in [1.82, 2.24) is 10.3 Å². The van der Waals surface area contributed by atoms with Crippen molar-refractivity contribution in [2.24, 2.45) is 11.7 Å². The first-order chi connectivity index (χ1) is 14.8. The summed E-state index contributed by atoms with van der Waals surface area (Å²) in [6.07, 6.45) is 0.699. The highest BCUT2D eigenvalue weighted by molar-refractivity contribution is 6.06. The number of aliphatic carboxylic acids is 1. The molecule has 1 amide bonds. The lowest BCUT2D eigenvalue weighted by Crippen LogP contribution is -2.50. The van der Waals surface area contributed by atoms with Crippen LogP contribution < -0.4 is 11.1 Å². The highest BCUT2D eigenvalue weighted by Crippen LogP contribution is 2.25. The summed E-state index contributed by atoms with van der Waals surface area (Å²) in [4.78, 5) is 51.0. The Hall–Kier alpha value is -3.78. The number of carbonyl (C=O) groups excluding carboxylic acids is 3. The Morgan fingerprint density at radius 1 is 1.10 bits per heavy atom. The molecule has 0 saturated carbocycles. The van der Waals surface area contributed by atoms with Crippen LogP contribution in [0.5, 0.6) is 0 Å². The number of carboxylic acids is 1. The predicted molar refractivity (Wildman–Crippen MR) is 115 cm³/mol. The number of benzene rings is 2. The quantitative estimate of drug-likeness (QED) is 0.306. The molecule has 1 aromatic heterocycles. The summed E-state index contributed by atoms with van der Waals surface area (Å²) in [5.74, 6) is -4.32. The molecule has 3 atom stereocenters. The number of hydrogen-bond acceptors (Lipinski definition) is 5. The van der Waals surface area contributed by atoms with Gasteiger partial charge in [0.15, 0.2) is 5.78 Å². The van der Waals surface area contributed by atoms with Crippen LogP contribution in [0.25, 0.3) is 10.9 Å². The van der Waals surface area contributed by atoms with Gasteiger partial charge in [0.1, 0.15) is 23.9 Å². The number of carboxylic acid groups (broad SMARTS) is 1. The van der Waals surface area contributed by atoms with Crippen molar-refractivity contribution in [3.63, 3.8) is 0 Å². The van der Waals surface area contributed by atoms with Gasteiger partial charge in [0.05, 0.1) is 6.04 Å². The molecule has 5 N–H and O–H groups in total. The first kappa shape index (κ1) is 21.9. The van der Waals surface area contributed by atoms with Gasteiger partial charge in [-0.15, -0.1) is 0 Å². The fraction of sp³-hybridized carbons (Fsp3) is 0.217. The van der Waals surface area contributed by atoms with Crippen LogP contribution in [0.2, 0.25) is 0 Å². The Morgan fingerprint density at radius 2 is 1.74 bits per heavy atom. The van der Waals surface area contributed by atoms with Crippen LogP contribution >= 0.6 is 0 Å². The Bertz CT molecular complexity index is 1120. The third-order valence-corrected chi connectivity index (χ3v) is 5.19. The average Bonchev–Trinajstić information content (AvgIpc) is 3.13. The molecule has 8 heteroatoms. The number of Topliss-reactive ketones (excluding diaryl/α,β-unsaturated/α-hetero) is 1. The number of amides is 1. The molecule has 3 rings (SSSR count). The summed E-state index contributed by atoms with van der Waals surface area (Å²) in [5, 5.41) is 12.5. The number of aldehydes is 1. The molecule has 31 heavy (non-hydrogen) atoms. The van der Waals surface area contributed by atoms with E-state index in [0.717, 1.165) is 22.0 Å². The highest BCUT2D eigenvalue weighted by Gasteiger charge is 2.34. The fourth-order valence-electron chi connectivity index (χ4n) is 3.49. The zero-order chi connectivity index (χ0) is 22.5. The minimum atomic E-state index is -1.67. The summed E-state index contributed by atoms with van der Waals surface area (Å²) in [7, 11) is 0. The largest absolute Gasteiger partial charge is 0.480 e. The molecule has 0 radical (unpaired) electrons. The summed E-state index contributed by atoms with van der Waals surface area (Å²) in [5.41, 5.74) is 8.30. The summed E-state index contributed by atoms with van der Waals surface area (Å²) < 4.78 is 0. The zero-order valence-electron chi connectivity index (χ0n) is 16.9. The summed E-state index contributed by atoms with van der Waals surface area (Å²) in [6.45, 7) is 1.39. The lowest BCUT2D eigenvalue weighted by molar-refractivity contribution is -0.144. The zero-order valence-corrected chi connectivity index (χ0v) is 16.9. The van der Waals surface area contributed by atoms with Gasteiger partial charge in [-0.3, -0.25) is 14.4 Å². The van der Waals surface area contributed by atoms with Gasteiger partial charge in [-0.2, -0.15) is 0 Å². The predicted octanol–water partition coefficient (Wildman–Crippen LogP) is 1.67. The Kier molecular flexibility index (Phi) is 6.61. The Morgan fingerprint density at radius 3 is 2.39 bits per heavy atom. The summed E-state index contributed by atoms with van der Waals surface area (Å²) in [6, 6.07) is 14.3. The lowest BCUT2D eigenvalue weighted by Gasteiger charge is -2.19. The molecule has 3 aromatic rings. The molecule has 160 valence electrons. The second kappa shape index (κ2) is 9.36. The van der Waals surface area contributed by atoms with E-state index < -0.39 is 35.7 Å². The van der Waals surface area contributed by atoms with Gasteiger partial charge < -0.3 is 25.9 Å². The van der Waals surface area contributed by atoms with Gasteiger partial charge in [0.25, 0.3) is 5.91 Å². The van der Waals surface area contributed by atoms with Crippen molar-refractivity contribution in [3.8, 4) is 0 Å². The van der Waals surface area contributed by atoms with E-state index in [9.17, 15) is 19.2 Å². The van der Waals surface area contributed by atoms with Crippen LogP contribution in [0.15, 0.2) is 54.6 Å². The second-order valence-electron chi connectivity index (χ2n) is 7.31. The number of ketones is 1. The van der Waals surface area contributed by atoms with Gasteiger partial charge in [0.2, 0.25) is 0 Å². The van der Waals surface area contributed by atoms with E-state index in [1.54, 1.807) is 0 Å². The van der Waals surface area contributed by atoms with Crippen LogP contribution in [-0.2, 0) is 20.8 Å². The van der Waals surface area contributed by atoms with Crippen molar-refractivity contribution in [1.29, 1.82) is 0 Å². The summed E-state index contributed by atoms with van der Waals surface area (Å²) >= 11 is 0. The molecule has 8 nitrogen and oxygen atoms in total. The first-order valence-electron chi connectivity index (χ1n) is 9.75. The van der Waals surface area contributed by atoms with Crippen LogP contribution in [-0.4, -0.2) is 46.1 Å². The average molecular weight is 421 g/mol.